The monoisotopic (exact) mass is 587 g/mol. The molecule has 2 atom stereocenters. The van der Waals surface area contributed by atoms with Crippen molar-refractivity contribution in [3.05, 3.63) is 56.3 Å². The Kier molecular flexibility index (Phi) is 9.44. The lowest BCUT2D eigenvalue weighted by molar-refractivity contribution is -0.132. The molecular formula is C24H29ClFN4O6S2+. The number of nitrogens with two attached hydrogens (primary N) is 1. The number of carbonyl (C=O) groups is 3. The summed E-state index contributed by atoms with van der Waals surface area (Å²) in [6, 6.07) is 6.88. The Hall–Kier alpha value is -2.68. The number of carbonyl (C=O) groups excluding carboxylic acids is 3. The van der Waals surface area contributed by atoms with Crippen LogP contribution in [-0.2, 0) is 24.3 Å². The van der Waals surface area contributed by atoms with E-state index < -0.39 is 44.1 Å². The summed E-state index contributed by atoms with van der Waals surface area (Å²) in [5.41, 5.74) is 5.25. The highest BCUT2D eigenvalue weighted by Gasteiger charge is 2.54. The van der Waals surface area contributed by atoms with E-state index in [0.717, 1.165) is 11.5 Å². The molecule has 0 aliphatic carbocycles. The van der Waals surface area contributed by atoms with Crippen molar-refractivity contribution >= 4 is 61.9 Å². The number of hydrogen-bond donors (Lipinski definition) is 2. The maximum Gasteiger partial charge on any atom is 0.342 e. The Balaban J connectivity index is 1.99. The van der Waals surface area contributed by atoms with Crippen molar-refractivity contribution in [3.63, 3.8) is 0 Å². The van der Waals surface area contributed by atoms with Crippen LogP contribution in [0.4, 0.5) is 10.1 Å². The Morgan fingerprint density at radius 1 is 1.32 bits per heavy atom. The van der Waals surface area contributed by atoms with Crippen LogP contribution in [0.2, 0.25) is 4.34 Å². The number of halogens is 2. The van der Waals surface area contributed by atoms with Gasteiger partial charge >= 0.3 is 5.91 Å². The summed E-state index contributed by atoms with van der Waals surface area (Å²) >= 11 is 7.15. The molecule has 10 nitrogen and oxygen atoms in total. The summed E-state index contributed by atoms with van der Waals surface area (Å²) in [5.74, 6) is -3.30. The van der Waals surface area contributed by atoms with Gasteiger partial charge in [0.15, 0.2) is 11.5 Å². The van der Waals surface area contributed by atoms with Gasteiger partial charge in [0.1, 0.15) is 13.2 Å². The average Bonchev–Trinajstić information content (AvgIpc) is 3.39. The van der Waals surface area contributed by atoms with E-state index in [1.54, 1.807) is 19.1 Å². The molecule has 1 aliphatic heterocycles. The van der Waals surface area contributed by atoms with E-state index in [-0.39, 0.29) is 43.9 Å². The van der Waals surface area contributed by atoms with E-state index in [0.29, 0.717) is 14.8 Å². The molecule has 3 amide bonds. The van der Waals surface area contributed by atoms with Gasteiger partial charge in [0, 0.05) is 43.6 Å². The van der Waals surface area contributed by atoms with Gasteiger partial charge in [-0.25, -0.2) is 17.6 Å². The summed E-state index contributed by atoms with van der Waals surface area (Å²) in [6.07, 6.45) is 0.400. The lowest BCUT2D eigenvalue weighted by Gasteiger charge is -2.30. The molecular weight excluding hydrogens is 559 g/mol. The first-order valence-electron chi connectivity index (χ1n) is 11.5. The molecule has 38 heavy (non-hydrogen) atoms. The highest BCUT2D eigenvalue weighted by molar-refractivity contribution is 7.92. The fourth-order valence-electron chi connectivity index (χ4n) is 4.21. The molecule has 206 valence electrons. The molecule has 0 bridgehead atoms. The third kappa shape index (κ3) is 6.84. The zero-order valence-electron chi connectivity index (χ0n) is 21.1. The van der Waals surface area contributed by atoms with Crippen molar-refractivity contribution in [1.29, 1.82) is 0 Å². The van der Waals surface area contributed by atoms with Gasteiger partial charge in [0.2, 0.25) is 5.91 Å². The van der Waals surface area contributed by atoms with Crippen LogP contribution >= 0.6 is 22.9 Å². The Labute approximate surface area is 229 Å². The SMILES string of the molecule is CC(=CS(=O)(=O)N[N+]1(c2ccc(C(=O)N(C)C)cc2F)CC[C@@H](CCOCC(N)=O)C1=O)c1ccc(Cl)s1. The molecule has 2 heterocycles. The number of primary amides is 1. The topological polar surface area (TPSA) is 136 Å². The van der Waals surface area contributed by atoms with Gasteiger partial charge in [-0.15, -0.1) is 15.9 Å². The minimum absolute atomic E-state index is 0.0308. The van der Waals surface area contributed by atoms with E-state index in [9.17, 15) is 22.8 Å². The van der Waals surface area contributed by atoms with Crippen LogP contribution in [0.15, 0.2) is 35.7 Å². The summed E-state index contributed by atoms with van der Waals surface area (Å²) < 4.78 is 46.7. The first kappa shape index (κ1) is 29.9. The minimum Gasteiger partial charge on any atom is -0.372 e. The molecule has 0 spiro atoms. The first-order chi connectivity index (χ1) is 17.8. The van der Waals surface area contributed by atoms with Crippen LogP contribution in [0.3, 0.4) is 0 Å². The molecule has 14 heteroatoms. The van der Waals surface area contributed by atoms with Crippen LogP contribution in [0.1, 0.15) is 35.0 Å². The average molecular weight is 588 g/mol. The number of nitrogens with zero attached hydrogens (tertiary/aromatic N) is 2. The molecule has 3 N–H and O–H groups in total. The largest absolute Gasteiger partial charge is 0.372 e. The van der Waals surface area contributed by atoms with Crippen molar-refractivity contribution in [2.75, 3.05) is 33.9 Å². The zero-order chi connectivity index (χ0) is 28.3. The second-order valence-electron chi connectivity index (χ2n) is 9.07. The molecule has 3 rings (SSSR count). The molecule has 1 fully saturated rings. The molecule has 1 saturated heterocycles. The first-order valence-corrected chi connectivity index (χ1v) is 14.3. The number of benzene rings is 1. The number of thiophene rings is 1. The minimum atomic E-state index is -4.29. The van der Waals surface area contributed by atoms with Gasteiger partial charge in [-0.05, 0) is 48.0 Å². The number of nitrogens with one attached hydrogen (secondary N) is 1. The number of rotatable bonds is 11. The van der Waals surface area contributed by atoms with E-state index in [2.05, 4.69) is 4.83 Å². The lowest BCUT2D eigenvalue weighted by atomic mass is 10.0. The number of quaternary nitrogens is 1. The van der Waals surface area contributed by atoms with Gasteiger partial charge in [-0.3, -0.25) is 9.59 Å². The molecule has 1 aliphatic rings. The van der Waals surface area contributed by atoms with Gasteiger partial charge in [-0.1, -0.05) is 11.6 Å². The third-order valence-electron chi connectivity index (χ3n) is 5.98. The van der Waals surface area contributed by atoms with Crippen LogP contribution < -0.4 is 15.2 Å². The third-order valence-corrected chi connectivity index (χ3v) is 8.58. The van der Waals surface area contributed by atoms with E-state index in [1.165, 1.54) is 42.5 Å². The number of ether oxygens (including phenoxy) is 1. The van der Waals surface area contributed by atoms with Gasteiger partial charge < -0.3 is 15.4 Å². The predicted molar refractivity (Wildman–Crippen MR) is 144 cm³/mol. The zero-order valence-corrected chi connectivity index (χ0v) is 23.5. The van der Waals surface area contributed by atoms with Crippen molar-refractivity contribution in [3.8, 4) is 0 Å². The van der Waals surface area contributed by atoms with Gasteiger partial charge in [0.25, 0.3) is 15.9 Å². The summed E-state index contributed by atoms with van der Waals surface area (Å²) in [7, 11) is -1.26. The molecule has 0 radical (unpaired) electrons. The molecule has 0 saturated carbocycles. The Morgan fingerprint density at radius 2 is 2.03 bits per heavy atom. The number of sulfonamides is 1. The second-order valence-corrected chi connectivity index (χ2v) is 12.3. The van der Waals surface area contributed by atoms with Crippen LogP contribution in [0.5, 0.6) is 0 Å². The van der Waals surface area contributed by atoms with Crippen molar-refractivity contribution in [2.24, 2.45) is 11.7 Å². The molecule has 2 aromatic rings. The van der Waals surface area contributed by atoms with Crippen LogP contribution in [0, 0.1) is 11.7 Å². The van der Waals surface area contributed by atoms with Crippen molar-refractivity contribution in [1.82, 2.24) is 14.3 Å². The second kappa shape index (κ2) is 12.0. The fraction of sp³-hybridized carbons (Fsp3) is 0.375. The smallest absolute Gasteiger partial charge is 0.342 e. The fourth-order valence-corrected chi connectivity index (χ4v) is 6.66. The molecule has 1 unspecified atom stereocenters. The van der Waals surface area contributed by atoms with Gasteiger partial charge in [0.05, 0.1) is 15.7 Å². The summed E-state index contributed by atoms with van der Waals surface area (Å²) in [6.45, 7) is 1.22. The number of allylic oxidation sites excluding steroid dienone is 1. The highest BCUT2D eigenvalue weighted by Crippen LogP contribution is 2.36. The van der Waals surface area contributed by atoms with Crippen molar-refractivity contribution < 1.29 is 31.9 Å². The van der Waals surface area contributed by atoms with E-state index in [4.69, 9.17) is 22.1 Å². The Morgan fingerprint density at radius 3 is 2.61 bits per heavy atom. The predicted octanol–water partition coefficient (Wildman–Crippen LogP) is 2.88. The van der Waals surface area contributed by atoms with Crippen LogP contribution in [0.25, 0.3) is 5.57 Å². The quantitative estimate of drug-likeness (QED) is 0.306. The van der Waals surface area contributed by atoms with Gasteiger partial charge in [-0.2, -0.15) is 0 Å². The van der Waals surface area contributed by atoms with E-state index >= 15 is 4.39 Å². The lowest BCUT2D eigenvalue weighted by Crippen LogP contribution is -2.63. The summed E-state index contributed by atoms with van der Waals surface area (Å²) in [4.78, 5) is 41.2. The van der Waals surface area contributed by atoms with E-state index in [1.807, 2.05) is 0 Å². The standard InChI is InChI=1S/C24H28ClFN4O6S2/c1-15(20-6-7-21(25)37-20)14-38(34,35)28-30(10-8-16(24(30)33)9-11-36-13-22(27)31)19-5-4-17(12-18(19)26)23(32)29(2)3/h4-7,12,14,16,28H,8-11,13H2,1-3H3,(H-,27,31)/p+1/t16-,30?/m0/s1. The maximum absolute atomic E-state index is 15.5. The molecule has 1 aromatic heterocycles. The molecule has 1 aromatic carbocycles. The summed E-state index contributed by atoms with van der Waals surface area (Å²) in [5, 5.41) is 0.966. The van der Waals surface area contributed by atoms with Crippen LogP contribution in [-0.4, -0.2) is 64.9 Å². The Bertz CT molecular complexity index is 1380. The highest BCUT2D eigenvalue weighted by atomic mass is 35.5. The maximum atomic E-state index is 15.5. The number of hydrogen-bond acceptors (Lipinski definition) is 7. The normalized spacial score (nSPS) is 20.1. The number of amides is 3. The van der Waals surface area contributed by atoms with Crippen molar-refractivity contribution in [2.45, 2.75) is 19.8 Å².